The number of hydrogen-bond acceptors (Lipinski definition) is 4. The summed E-state index contributed by atoms with van der Waals surface area (Å²) < 4.78 is 16.6. The molecule has 0 aromatic rings. The first kappa shape index (κ1) is 13.7. The Morgan fingerprint density at radius 1 is 1.07 bits per heavy atom. The van der Waals surface area contributed by atoms with Crippen LogP contribution in [0.25, 0.3) is 0 Å². The van der Waals surface area contributed by atoms with Crippen molar-refractivity contribution in [3.63, 3.8) is 0 Å². The van der Waals surface area contributed by atoms with E-state index in [1.807, 2.05) is 0 Å². The van der Waals surface area contributed by atoms with Crippen LogP contribution in [0.1, 0.15) is 33.6 Å². The molecule has 0 spiro atoms. The van der Waals surface area contributed by atoms with Crippen LogP contribution in [0.3, 0.4) is 0 Å². The maximum Gasteiger partial charge on any atom is 0.313 e. The molecule has 0 amide bonds. The molecule has 0 radical (unpaired) electrons. The molecule has 0 unspecified atom stereocenters. The molecule has 0 heterocycles. The number of hydrogen-bond donors (Lipinski definition) is 0. The van der Waals surface area contributed by atoms with E-state index in [1.165, 1.54) is 0 Å². The van der Waals surface area contributed by atoms with Crippen molar-refractivity contribution >= 4 is 17.5 Å². The van der Waals surface area contributed by atoms with E-state index in [1.54, 1.807) is 20.8 Å². The van der Waals surface area contributed by atoms with Gasteiger partial charge in [-0.2, -0.15) is 0 Å². The molecule has 0 aromatic carbocycles. The quantitative estimate of drug-likeness (QED) is 0.514. The Morgan fingerprint density at radius 2 is 1.60 bits per heavy atom. The Labute approximate surface area is 87.8 Å². The normalized spacial score (nSPS) is 10.9. The second kappa shape index (κ2) is 5.58. The lowest BCUT2D eigenvalue weighted by atomic mass is 10.1. The van der Waals surface area contributed by atoms with Gasteiger partial charge < -0.3 is 4.74 Å². The Morgan fingerprint density at radius 3 is 2.00 bits per heavy atom. The van der Waals surface area contributed by atoms with Crippen LogP contribution in [0.15, 0.2) is 0 Å². The lowest BCUT2D eigenvalue weighted by molar-refractivity contribution is -0.156. The highest BCUT2D eigenvalue weighted by Gasteiger charge is 2.20. The highest BCUT2D eigenvalue weighted by molar-refractivity contribution is 6.05. The zero-order valence-electron chi connectivity index (χ0n) is 9.13. The maximum absolute atomic E-state index is 11.7. The van der Waals surface area contributed by atoms with E-state index in [-0.39, 0.29) is 0 Å². The third-order valence-corrected chi connectivity index (χ3v) is 1.30. The molecule has 0 aliphatic heterocycles. The van der Waals surface area contributed by atoms with Gasteiger partial charge in [-0.1, -0.05) is 0 Å². The number of carbonyl (C=O) groups is 3. The molecule has 0 aliphatic carbocycles. The minimum Gasteiger partial charge on any atom is -0.460 e. The molecule has 15 heavy (non-hydrogen) atoms. The number of halogens is 1. The van der Waals surface area contributed by atoms with Gasteiger partial charge in [-0.15, -0.1) is 0 Å². The molecule has 0 saturated heterocycles. The van der Waals surface area contributed by atoms with Gasteiger partial charge in [-0.05, 0) is 20.8 Å². The Kier molecular flexibility index (Phi) is 5.11. The van der Waals surface area contributed by atoms with Gasteiger partial charge in [0.25, 0.3) is 0 Å². The van der Waals surface area contributed by atoms with Crippen LogP contribution in [0.2, 0.25) is 0 Å². The summed E-state index contributed by atoms with van der Waals surface area (Å²) in [6, 6.07) is 0. The first-order valence-corrected chi connectivity index (χ1v) is 4.56. The van der Waals surface area contributed by atoms with E-state index >= 15 is 0 Å². The lowest BCUT2D eigenvalue weighted by Crippen LogP contribution is -2.25. The van der Waals surface area contributed by atoms with Crippen molar-refractivity contribution < 1.29 is 23.5 Å². The van der Waals surface area contributed by atoms with Crippen molar-refractivity contribution in [3.8, 4) is 0 Å². The highest BCUT2D eigenvalue weighted by Crippen LogP contribution is 2.08. The Hall–Kier alpha value is -1.26. The average molecular weight is 218 g/mol. The average Bonchev–Trinajstić information content (AvgIpc) is 1.99. The third-order valence-electron chi connectivity index (χ3n) is 1.30. The van der Waals surface area contributed by atoms with Gasteiger partial charge >= 0.3 is 5.97 Å². The predicted molar refractivity (Wildman–Crippen MR) is 51.1 cm³/mol. The van der Waals surface area contributed by atoms with Gasteiger partial charge in [-0.25, -0.2) is 4.39 Å². The van der Waals surface area contributed by atoms with Crippen LogP contribution in [-0.2, 0) is 19.1 Å². The van der Waals surface area contributed by atoms with Gasteiger partial charge in [0.05, 0.1) is 6.42 Å². The maximum atomic E-state index is 11.7. The van der Waals surface area contributed by atoms with E-state index in [0.717, 1.165) is 0 Å². The van der Waals surface area contributed by atoms with Crippen molar-refractivity contribution in [2.75, 3.05) is 6.67 Å². The van der Waals surface area contributed by atoms with Crippen LogP contribution in [0, 0.1) is 0 Å². The fourth-order valence-electron chi connectivity index (χ4n) is 0.868. The SMILES string of the molecule is CC(C)(C)OC(=O)CC(=O)CC(=O)CF. The van der Waals surface area contributed by atoms with E-state index in [2.05, 4.69) is 0 Å². The molecule has 0 bridgehead atoms. The summed E-state index contributed by atoms with van der Waals surface area (Å²) in [4.78, 5) is 32.7. The second-order valence-corrected chi connectivity index (χ2v) is 4.15. The van der Waals surface area contributed by atoms with Gasteiger partial charge in [0.15, 0.2) is 11.6 Å². The number of ketones is 2. The molecule has 0 saturated carbocycles. The number of Topliss-reactive ketones (excluding diaryl/α,β-unsaturated/α-hetero) is 2. The zero-order valence-corrected chi connectivity index (χ0v) is 9.13. The van der Waals surface area contributed by atoms with Gasteiger partial charge in [0.1, 0.15) is 18.7 Å². The fourth-order valence-corrected chi connectivity index (χ4v) is 0.868. The van der Waals surface area contributed by atoms with Crippen molar-refractivity contribution in [1.82, 2.24) is 0 Å². The number of alkyl halides is 1. The van der Waals surface area contributed by atoms with E-state index in [0.29, 0.717) is 0 Å². The van der Waals surface area contributed by atoms with Crippen LogP contribution in [-0.4, -0.2) is 29.8 Å². The van der Waals surface area contributed by atoms with Crippen molar-refractivity contribution in [1.29, 1.82) is 0 Å². The zero-order chi connectivity index (χ0) is 12.1. The minimum atomic E-state index is -1.18. The summed E-state index contributed by atoms with van der Waals surface area (Å²) in [6.45, 7) is 3.83. The van der Waals surface area contributed by atoms with Crippen LogP contribution in [0.5, 0.6) is 0 Å². The second-order valence-electron chi connectivity index (χ2n) is 4.15. The van der Waals surface area contributed by atoms with Crippen molar-refractivity contribution in [2.24, 2.45) is 0 Å². The van der Waals surface area contributed by atoms with E-state index < -0.39 is 42.7 Å². The molecule has 5 heteroatoms. The number of esters is 1. The standard InChI is InChI=1S/C10H15FO4/c1-10(2,3)15-9(14)5-7(12)4-8(13)6-11/h4-6H2,1-3H3. The van der Waals surface area contributed by atoms with Gasteiger partial charge in [0.2, 0.25) is 0 Å². The summed E-state index contributed by atoms with van der Waals surface area (Å²) in [7, 11) is 0. The monoisotopic (exact) mass is 218 g/mol. The van der Waals surface area contributed by atoms with E-state index in [9.17, 15) is 18.8 Å². The van der Waals surface area contributed by atoms with Crippen LogP contribution < -0.4 is 0 Å². The third kappa shape index (κ3) is 7.78. The summed E-state index contributed by atoms with van der Waals surface area (Å²) in [5.41, 5.74) is -0.665. The molecule has 0 N–H and O–H groups in total. The molecular formula is C10H15FO4. The summed E-state index contributed by atoms with van der Waals surface area (Å²) in [5, 5.41) is 0. The van der Waals surface area contributed by atoms with Gasteiger partial charge in [0, 0.05) is 0 Å². The molecular weight excluding hydrogens is 203 g/mol. The number of ether oxygens (including phenoxy) is 1. The summed E-state index contributed by atoms with van der Waals surface area (Å²) >= 11 is 0. The van der Waals surface area contributed by atoms with Crippen LogP contribution >= 0.6 is 0 Å². The lowest BCUT2D eigenvalue weighted by Gasteiger charge is -2.18. The molecule has 0 rings (SSSR count). The minimum absolute atomic E-state index is 0.483. The Balaban J connectivity index is 3.98. The molecule has 0 aliphatic rings. The fraction of sp³-hybridized carbons (Fsp3) is 0.700. The smallest absolute Gasteiger partial charge is 0.313 e. The number of carbonyl (C=O) groups excluding carboxylic acids is 3. The topological polar surface area (TPSA) is 60.4 Å². The molecule has 0 aromatic heterocycles. The first-order valence-electron chi connectivity index (χ1n) is 4.56. The van der Waals surface area contributed by atoms with E-state index in [4.69, 9.17) is 4.74 Å². The molecule has 0 atom stereocenters. The molecule has 86 valence electrons. The highest BCUT2D eigenvalue weighted by atomic mass is 19.1. The molecule has 4 nitrogen and oxygen atoms in total. The van der Waals surface area contributed by atoms with Gasteiger partial charge in [-0.3, -0.25) is 14.4 Å². The molecule has 0 fully saturated rings. The summed E-state index contributed by atoms with van der Waals surface area (Å²) in [5.74, 6) is -2.13. The summed E-state index contributed by atoms with van der Waals surface area (Å²) in [6.07, 6.45) is -1.03. The Bertz CT molecular complexity index is 265. The first-order chi connectivity index (χ1) is 6.74. The van der Waals surface area contributed by atoms with Crippen molar-refractivity contribution in [2.45, 2.75) is 39.2 Å². The number of rotatable bonds is 5. The van der Waals surface area contributed by atoms with Crippen molar-refractivity contribution in [3.05, 3.63) is 0 Å². The predicted octanol–water partition coefficient (Wildman–Crippen LogP) is 1.22. The largest absolute Gasteiger partial charge is 0.460 e. The van der Waals surface area contributed by atoms with Crippen LogP contribution in [0.4, 0.5) is 4.39 Å².